The number of carbonyl (C=O) groups excluding carboxylic acids is 2. The summed E-state index contributed by atoms with van der Waals surface area (Å²) < 4.78 is 27.0. The second-order valence-electron chi connectivity index (χ2n) is 7.08. The summed E-state index contributed by atoms with van der Waals surface area (Å²) in [5.41, 5.74) is 1.65. The molecule has 7 heteroatoms. The summed E-state index contributed by atoms with van der Waals surface area (Å²) >= 11 is 0. The van der Waals surface area contributed by atoms with Gasteiger partial charge >= 0.3 is 6.03 Å². The van der Waals surface area contributed by atoms with Crippen LogP contribution in [0.2, 0.25) is 0 Å². The van der Waals surface area contributed by atoms with Crippen LogP contribution < -0.4 is 0 Å². The first-order chi connectivity index (χ1) is 13.3. The van der Waals surface area contributed by atoms with Gasteiger partial charge in [0.1, 0.15) is 0 Å². The third-order valence-corrected chi connectivity index (χ3v) is 6.89. The van der Waals surface area contributed by atoms with Crippen molar-refractivity contribution in [2.24, 2.45) is 5.92 Å². The molecule has 1 fully saturated rings. The Hall–Kier alpha value is -2.67. The number of urea groups is 1. The molecule has 1 aliphatic rings. The van der Waals surface area contributed by atoms with Gasteiger partial charge in [-0.2, -0.15) is 0 Å². The van der Waals surface area contributed by atoms with Gasteiger partial charge in [-0.25, -0.2) is 17.5 Å². The molecular weight excluding hydrogens is 376 g/mol. The lowest BCUT2D eigenvalue weighted by molar-refractivity contribution is -0.133. The smallest absolute Gasteiger partial charge is 0.274 e. The number of benzene rings is 2. The highest BCUT2D eigenvalue weighted by Gasteiger charge is 2.48. The lowest BCUT2D eigenvalue weighted by atomic mass is 10.0. The van der Waals surface area contributed by atoms with Crippen LogP contribution in [0.25, 0.3) is 0 Å². The average Bonchev–Trinajstić information content (AvgIpc) is 3.05. The Labute approximate surface area is 165 Å². The number of nitrogens with zero attached hydrogens (tertiary/aromatic N) is 2. The monoisotopic (exact) mass is 400 g/mol. The molecule has 1 saturated heterocycles. The average molecular weight is 401 g/mol. The summed E-state index contributed by atoms with van der Waals surface area (Å²) in [6, 6.07) is 14.0. The number of hydrogen-bond donors (Lipinski definition) is 0. The van der Waals surface area contributed by atoms with Crippen molar-refractivity contribution in [2.75, 3.05) is 6.54 Å². The second-order valence-corrected chi connectivity index (χ2v) is 8.94. The molecule has 2 atom stereocenters. The van der Waals surface area contributed by atoms with Crippen molar-refractivity contribution >= 4 is 22.0 Å². The second kappa shape index (κ2) is 7.75. The minimum Gasteiger partial charge on any atom is -0.274 e. The van der Waals surface area contributed by atoms with Crippen LogP contribution in [-0.4, -0.2) is 36.1 Å². The van der Waals surface area contributed by atoms with E-state index in [0.29, 0.717) is 6.42 Å². The Morgan fingerprint density at radius 2 is 1.71 bits per heavy atom. The molecule has 28 heavy (non-hydrogen) atoms. The zero-order valence-corrected chi connectivity index (χ0v) is 17.0. The standard InChI is InChI=1S/C21H24N2O4S/c1-4-16(3)20(24)23-19(17-8-6-5-7-9-17)14-22(21(23)25)28(26,27)18-12-10-15(2)11-13-18/h5-13,16,19H,4,14H2,1-3H3/t16-,19+/m1/s1. The predicted molar refractivity (Wildman–Crippen MR) is 106 cm³/mol. The maximum absolute atomic E-state index is 13.1. The summed E-state index contributed by atoms with van der Waals surface area (Å²) in [4.78, 5) is 27.1. The van der Waals surface area contributed by atoms with Gasteiger partial charge in [0, 0.05) is 5.92 Å². The van der Waals surface area contributed by atoms with Crippen LogP contribution in [0.5, 0.6) is 0 Å². The molecule has 1 aliphatic heterocycles. The molecule has 0 spiro atoms. The highest BCUT2D eigenvalue weighted by Crippen LogP contribution is 2.34. The highest BCUT2D eigenvalue weighted by atomic mass is 32.2. The van der Waals surface area contributed by atoms with Crippen molar-refractivity contribution in [1.82, 2.24) is 9.21 Å². The van der Waals surface area contributed by atoms with E-state index in [4.69, 9.17) is 0 Å². The van der Waals surface area contributed by atoms with Crippen molar-refractivity contribution in [1.29, 1.82) is 0 Å². The van der Waals surface area contributed by atoms with E-state index in [1.165, 1.54) is 12.1 Å². The molecule has 148 valence electrons. The van der Waals surface area contributed by atoms with Crippen LogP contribution in [0.1, 0.15) is 37.4 Å². The zero-order valence-electron chi connectivity index (χ0n) is 16.2. The number of rotatable bonds is 5. The van der Waals surface area contributed by atoms with Crippen LogP contribution >= 0.6 is 0 Å². The van der Waals surface area contributed by atoms with Crippen molar-refractivity contribution < 1.29 is 18.0 Å². The molecule has 0 saturated carbocycles. The Bertz CT molecular complexity index is 971. The number of carbonyl (C=O) groups is 2. The molecule has 1 heterocycles. The van der Waals surface area contributed by atoms with Gasteiger partial charge in [0.15, 0.2) is 0 Å². The Morgan fingerprint density at radius 3 is 2.29 bits per heavy atom. The normalized spacial score (nSPS) is 18.4. The van der Waals surface area contributed by atoms with Crippen molar-refractivity contribution in [3.8, 4) is 0 Å². The number of imide groups is 1. The SMILES string of the molecule is CC[C@@H](C)C(=O)N1C(=O)N(S(=O)(=O)c2ccc(C)cc2)C[C@H]1c1ccccc1. The van der Waals surface area contributed by atoms with Crippen molar-refractivity contribution in [3.05, 3.63) is 65.7 Å². The molecule has 2 aromatic carbocycles. The van der Waals surface area contributed by atoms with E-state index in [1.807, 2.05) is 32.0 Å². The van der Waals surface area contributed by atoms with Gasteiger partial charge in [0.2, 0.25) is 5.91 Å². The van der Waals surface area contributed by atoms with Crippen LogP contribution in [0.15, 0.2) is 59.5 Å². The van der Waals surface area contributed by atoms with E-state index in [0.717, 1.165) is 20.3 Å². The Balaban J connectivity index is 2.03. The predicted octanol–water partition coefficient (Wildman–Crippen LogP) is 3.74. The Morgan fingerprint density at radius 1 is 1.11 bits per heavy atom. The molecule has 0 bridgehead atoms. The van der Waals surface area contributed by atoms with Crippen LogP contribution in [0.4, 0.5) is 4.79 Å². The minimum atomic E-state index is -4.05. The molecule has 0 unspecified atom stereocenters. The fourth-order valence-electron chi connectivity index (χ4n) is 3.20. The van der Waals surface area contributed by atoms with Crippen LogP contribution in [-0.2, 0) is 14.8 Å². The highest BCUT2D eigenvalue weighted by molar-refractivity contribution is 7.89. The van der Waals surface area contributed by atoms with E-state index in [-0.39, 0.29) is 23.3 Å². The van der Waals surface area contributed by atoms with Gasteiger partial charge in [0.25, 0.3) is 10.0 Å². The molecule has 0 N–H and O–H groups in total. The lowest BCUT2D eigenvalue weighted by Crippen LogP contribution is -2.41. The molecular formula is C21H24N2O4S. The summed E-state index contributed by atoms with van der Waals surface area (Å²) in [5.74, 6) is -0.736. The third-order valence-electron chi connectivity index (χ3n) is 5.13. The summed E-state index contributed by atoms with van der Waals surface area (Å²) in [6.45, 7) is 5.37. The van der Waals surface area contributed by atoms with Crippen molar-refractivity contribution in [2.45, 2.75) is 38.1 Å². The van der Waals surface area contributed by atoms with Gasteiger partial charge in [-0.3, -0.25) is 9.69 Å². The largest absolute Gasteiger partial charge is 0.341 e. The molecule has 2 aromatic rings. The molecule has 3 rings (SSSR count). The summed E-state index contributed by atoms with van der Waals surface area (Å²) in [6.07, 6.45) is 0.564. The minimum absolute atomic E-state index is 0.0381. The van der Waals surface area contributed by atoms with Gasteiger partial charge in [0.05, 0.1) is 17.5 Å². The number of sulfonamides is 1. The fourth-order valence-corrected chi connectivity index (χ4v) is 4.56. The van der Waals surface area contributed by atoms with Gasteiger partial charge in [-0.1, -0.05) is 61.9 Å². The van der Waals surface area contributed by atoms with Crippen LogP contribution in [0.3, 0.4) is 0 Å². The molecule has 0 aliphatic carbocycles. The lowest BCUT2D eigenvalue weighted by Gasteiger charge is -2.24. The van der Waals surface area contributed by atoms with E-state index in [1.54, 1.807) is 31.2 Å². The first kappa shape index (κ1) is 20.1. The molecule has 3 amide bonds. The summed E-state index contributed by atoms with van der Waals surface area (Å²) in [5, 5.41) is 0. The van der Waals surface area contributed by atoms with Crippen molar-refractivity contribution in [3.63, 3.8) is 0 Å². The van der Waals surface area contributed by atoms with Gasteiger partial charge < -0.3 is 0 Å². The van der Waals surface area contributed by atoms with Gasteiger partial charge in [-0.15, -0.1) is 0 Å². The summed E-state index contributed by atoms with van der Waals surface area (Å²) in [7, 11) is -4.05. The Kier molecular flexibility index (Phi) is 5.56. The topological polar surface area (TPSA) is 74.8 Å². The molecule has 0 aromatic heterocycles. The maximum Gasteiger partial charge on any atom is 0.341 e. The van der Waals surface area contributed by atoms with E-state index in [2.05, 4.69) is 0 Å². The van der Waals surface area contributed by atoms with E-state index < -0.39 is 22.1 Å². The van der Waals surface area contributed by atoms with E-state index >= 15 is 0 Å². The first-order valence-electron chi connectivity index (χ1n) is 9.28. The maximum atomic E-state index is 13.1. The third kappa shape index (κ3) is 3.54. The number of hydrogen-bond acceptors (Lipinski definition) is 4. The van der Waals surface area contributed by atoms with E-state index in [9.17, 15) is 18.0 Å². The number of aryl methyl sites for hydroxylation is 1. The molecule has 6 nitrogen and oxygen atoms in total. The zero-order chi connectivity index (χ0) is 20.5. The van der Waals surface area contributed by atoms with Gasteiger partial charge in [-0.05, 0) is 31.0 Å². The number of amides is 3. The molecule has 0 radical (unpaired) electrons. The van der Waals surface area contributed by atoms with Crippen LogP contribution in [0, 0.1) is 12.8 Å². The first-order valence-corrected chi connectivity index (χ1v) is 10.7. The fraction of sp³-hybridized carbons (Fsp3) is 0.333. The quantitative estimate of drug-likeness (QED) is 0.766.